The standard InChI is InChI=1S/C13H21NO3/c1-10-5-7-14(8-6-11(10)9-15)12(16)17-13(2,3)4/h9,15H,1,5-8H2,2-4H3/b11-9+. The van der Waals surface area contributed by atoms with E-state index in [1.165, 1.54) is 0 Å². The van der Waals surface area contributed by atoms with Crippen molar-refractivity contribution in [3.8, 4) is 0 Å². The van der Waals surface area contributed by atoms with E-state index >= 15 is 0 Å². The van der Waals surface area contributed by atoms with Gasteiger partial charge in [0, 0.05) is 13.1 Å². The van der Waals surface area contributed by atoms with E-state index in [0.29, 0.717) is 25.9 Å². The molecule has 4 nitrogen and oxygen atoms in total. The van der Waals surface area contributed by atoms with Gasteiger partial charge in [0.25, 0.3) is 0 Å². The molecule has 0 spiro atoms. The quantitative estimate of drug-likeness (QED) is 0.661. The van der Waals surface area contributed by atoms with Crippen LogP contribution in [0.4, 0.5) is 4.79 Å². The second kappa shape index (κ2) is 5.25. The van der Waals surface area contributed by atoms with E-state index in [0.717, 1.165) is 17.4 Å². The van der Waals surface area contributed by atoms with Gasteiger partial charge in [-0.15, -0.1) is 0 Å². The maximum atomic E-state index is 11.9. The Labute approximate surface area is 103 Å². The fraction of sp³-hybridized carbons (Fsp3) is 0.615. The molecule has 0 aliphatic carbocycles. The van der Waals surface area contributed by atoms with E-state index in [1.54, 1.807) is 4.90 Å². The summed E-state index contributed by atoms with van der Waals surface area (Å²) in [5, 5.41) is 9.04. The molecule has 1 N–H and O–H groups in total. The van der Waals surface area contributed by atoms with Crippen molar-refractivity contribution in [3.05, 3.63) is 24.0 Å². The van der Waals surface area contributed by atoms with Gasteiger partial charge in [-0.3, -0.25) is 0 Å². The molecule has 1 aliphatic heterocycles. The highest BCUT2D eigenvalue weighted by Gasteiger charge is 2.24. The lowest BCUT2D eigenvalue weighted by atomic mass is 10.1. The van der Waals surface area contributed by atoms with Crippen LogP contribution >= 0.6 is 0 Å². The number of carbonyl (C=O) groups is 1. The van der Waals surface area contributed by atoms with E-state index in [4.69, 9.17) is 9.84 Å². The predicted molar refractivity (Wildman–Crippen MR) is 66.9 cm³/mol. The molecule has 96 valence electrons. The van der Waals surface area contributed by atoms with Gasteiger partial charge in [0.1, 0.15) is 5.60 Å². The number of aliphatic hydroxyl groups is 1. The van der Waals surface area contributed by atoms with Crippen LogP contribution in [-0.4, -0.2) is 34.8 Å². The van der Waals surface area contributed by atoms with Gasteiger partial charge in [0.15, 0.2) is 0 Å². The predicted octanol–water partition coefficient (Wildman–Crippen LogP) is 3.02. The minimum atomic E-state index is -0.476. The summed E-state index contributed by atoms with van der Waals surface area (Å²) < 4.78 is 5.31. The molecule has 1 heterocycles. The molecule has 4 heteroatoms. The zero-order valence-corrected chi connectivity index (χ0v) is 10.8. The molecular weight excluding hydrogens is 218 g/mol. The number of nitrogens with zero attached hydrogens (tertiary/aromatic N) is 1. The number of likely N-dealkylation sites (tertiary alicyclic amines) is 1. The summed E-state index contributed by atoms with van der Waals surface area (Å²) in [6, 6.07) is 0. The number of amides is 1. The van der Waals surface area contributed by atoms with E-state index in [-0.39, 0.29) is 6.09 Å². The smallest absolute Gasteiger partial charge is 0.410 e. The summed E-state index contributed by atoms with van der Waals surface area (Å²) in [7, 11) is 0. The van der Waals surface area contributed by atoms with Gasteiger partial charge in [-0.1, -0.05) is 6.58 Å². The van der Waals surface area contributed by atoms with Gasteiger partial charge >= 0.3 is 6.09 Å². The van der Waals surface area contributed by atoms with Crippen LogP contribution in [0.3, 0.4) is 0 Å². The van der Waals surface area contributed by atoms with Gasteiger partial charge < -0.3 is 14.7 Å². The highest BCUT2D eigenvalue weighted by Crippen LogP contribution is 2.21. The second-order valence-corrected chi connectivity index (χ2v) is 5.23. The lowest BCUT2D eigenvalue weighted by molar-refractivity contribution is 0.0260. The number of rotatable bonds is 0. The second-order valence-electron chi connectivity index (χ2n) is 5.23. The van der Waals surface area contributed by atoms with Crippen molar-refractivity contribution in [2.24, 2.45) is 0 Å². The molecule has 0 atom stereocenters. The summed E-state index contributed by atoms with van der Waals surface area (Å²) in [5.74, 6) is 0. The maximum Gasteiger partial charge on any atom is 0.410 e. The summed E-state index contributed by atoms with van der Waals surface area (Å²) >= 11 is 0. The molecule has 0 aromatic carbocycles. The van der Waals surface area contributed by atoms with Crippen molar-refractivity contribution in [2.45, 2.75) is 39.2 Å². The Hall–Kier alpha value is -1.45. The minimum absolute atomic E-state index is 0.301. The van der Waals surface area contributed by atoms with Gasteiger partial charge in [-0.25, -0.2) is 4.79 Å². The fourth-order valence-corrected chi connectivity index (χ4v) is 1.64. The first-order valence-electron chi connectivity index (χ1n) is 5.83. The Balaban J connectivity index is 2.63. The van der Waals surface area contributed by atoms with Gasteiger partial charge in [0.05, 0.1) is 6.26 Å². The van der Waals surface area contributed by atoms with Crippen LogP contribution in [-0.2, 0) is 4.74 Å². The average Bonchev–Trinajstić information content (AvgIpc) is 2.37. The van der Waals surface area contributed by atoms with Crippen molar-refractivity contribution < 1.29 is 14.6 Å². The van der Waals surface area contributed by atoms with Crippen LogP contribution in [0.5, 0.6) is 0 Å². The van der Waals surface area contributed by atoms with E-state index in [2.05, 4.69) is 6.58 Å². The average molecular weight is 239 g/mol. The molecule has 1 aliphatic rings. The molecule has 0 aromatic heterocycles. The molecule has 1 rings (SSSR count). The monoisotopic (exact) mass is 239 g/mol. The summed E-state index contributed by atoms with van der Waals surface area (Å²) in [4.78, 5) is 13.5. The topological polar surface area (TPSA) is 49.8 Å². The van der Waals surface area contributed by atoms with Crippen molar-refractivity contribution in [2.75, 3.05) is 13.1 Å². The molecular formula is C13H21NO3. The largest absolute Gasteiger partial charge is 0.515 e. The Morgan fingerprint density at radius 2 is 2.00 bits per heavy atom. The van der Waals surface area contributed by atoms with Crippen molar-refractivity contribution in [1.29, 1.82) is 0 Å². The van der Waals surface area contributed by atoms with Gasteiger partial charge in [-0.2, -0.15) is 0 Å². The number of hydrogen-bond acceptors (Lipinski definition) is 3. The summed E-state index contributed by atoms with van der Waals surface area (Å²) in [6.07, 6.45) is 2.07. The van der Waals surface area contributed by atoms with Crippen molar-refractivity contribution in [3.63, 3.8) is 0 Å². The molecule has 0 saturated carbocycles. The maximum absolute atomic E-state index is 11.9. The SMILES string of the molecule is C=C1CCN(C(=O)OC(C)(C)C)CC/C1=C\O. The van der Waals surface area contributed by atoms with Crippen LogP contribution in [0, 0.1) is 0 Å². The molecule has 0 radical (unpaired) electrons. The third kappa shape index (κ3) is 4.13. The Kier molecular flexibility index (Phi) is 4.21. The zero-order valence-electron chi connectivity index (χ0n) is 10.8. The molecule has 0 aromatic rings. The van der Waals surface area contributed by atoms with Crippen LogP contribution in [0.25, 0.3) is 0 Å². The first kappa shape index (κ1) is 13.6. The lowest BCUT2D eigenvalue weighted by Crippen LogP contribution is -2.37. The molecule has 1 amide bonds. The zero-order chi connectivity index (χ0) is 13.1. The summed E-state index contributed by atoms with van der Waals surface area (Å²) in [5.41, 5.74) is 1.23. The molecule has 0 unspecified atom stereocenters. The third-order valence-electron chi connectivity index (χ3n) is 2.60. The molecule has 17 heavy (non-hydrogen) atoms. The first-order chi connectivity index (χ1) is 7.83. The highest BCUT2D eigenvalue weighted by molar-refractivity contribution is 5.68. The van der Waals surface area contributed by atoms with Crippen LogP contribution in [0.15, 0.2) is 24.0 Å². The van der Waals surface area contributed by atoms with Crippen LogP contribution in [0.2, 0.25) is 0 Å². The molecule has 1 saturated heterocycles. The van der Waals surface area contributed by atoms with Crippen molar-refractivity contribution >= 4 is 6.09 Å². The summed E-state index contributed by atoms with van der Waals surface area (Å²) in [6.45, 7) is 10.6. The highest BCUT2D eigenvalue weighted by atomic mass is 16.6. The Bertz CT molecular complexity index is 339. The number of aliphatic hydroxyl groups excluding tert-OH is 1. The number of ether oxygens (including phenoxy) is 1. The molecule has 0 bridgehead atoms. The van der Waals surface area contributed by atoms with Crippen LogP contribution in [0.1, 0.15) is 33.6 Å². The van der Waals surface area contributed by atoms with E-state index < -0.39 is 5.60 Å². The van der Waals surface area contributed by atoms with E-state index in [9.17, 15) is 4.79 Å². The fourth-order valence-electron chi connectivity index (χ4n) is 1.64. The lowest BCUT2D eigenvalue weighted by Gasteiger charge is -2.26. The van der Waals surface area contributed by atoms with Gasteiger partial charge in [-0.05, 0) is 44.8 Å². The van der Waals surface area contributed by atoms with Gasteiger partial charge in [0.2, 0.25) is 0 Å². The third-order valence-corrected chi connectivity index (χ3v) is 2.60. The Morgan fingerprint density at radius 3 is 2.53 bits per heavy atom. The normalized spacial score (nSPS) is 20.3. The Morgan fingerprint density at radius 1 is 1.41 bits per heavy atom. The van der Waals surface area contributed by atoms with Crippen LogP contribution < -0.4 is 0 Å². The first-order valence-corrected chi connectivity index (χ1v) is 5.83. The number of hydrogen-bond donors (Lipinski definition) is 1. The van der Waals surface area contributed by atoms with E-state index in [1.807, 2.05) is 20.8 Å². The minimum Gasteiger partial charge on any atom is -0.515 e. The molecule has 1 fully saturated rings. The number of carbonyl (C=O) groups excluding carboxylic acids is 1. The van der Waals surface area contributed by atoms with Crippen molar-refractivity contribution in [1.82, 2.24) is 4.90 Å².